The van der Waals surface area contributed by atoms with Crippen molar-refractivity contribution in [3.8, 4) is 11.4 Å². The highest BCUT2D eigenvalue weighted by atomic mass is 19.4. The van der Waals surface area contributed by atoms with Crippen LogP contribution in [0.25, 0.3) is 11.4 Å². The average Bonchev–Trinajstić information content (AvgIpc) is 3.31. The molecule has 2 aromatic carbocycles. The molecule has 5 rings (SSSR count). The van der Waals surface area contributed by atoms with Crippen LogP contribution in [-0.4, -0.2) is 39.7 Å². The number of amidine groups is 1. The fraction of sp³-hybridized carbons (Fsp3) is 0.154. The van der Waals surface area contributed by atoms with E-state index in [9.17, 15) is 22.8 Å². The molecule has 0 fully saturated rings. The second-order valence-electron chi connectivity index (χ2n) is 8.43. The molecule has 12 heteroatoms. The molecular formula is C26H21F3N6O3. The lowest BCUT2D eigenvalue weighted by molar-refractivity contribution is -0.141. The van der Waals surface area contributed by atoms with Gasteiger partial charge in [0.1, 0.15) is 12.8 Å². The molecule has 38 heavy (non-hydrogen) atoms. The number of pyridine rings is 1. The number of carbonyl (C=O) groups is 1. The number of aromatic nitrogens is 3. The van der Waals surface area contributed by atoms with Gasteiger partial charge in [0, 0.05) is 41.3 Å². The quantitative estimate of drug-likeness (QED) is 0.245. The van der Waals surface area contributed by atoms with Crippen LogP contribution in [-0.2, 0) is 17.4 Å². The first-order valence-corrected chi connectivity index (χ1v) is 11.5. The van der Waals surface area contributed by atoms with Gasteiger partial charge in [-0.15, -0.1) is 0 Å². The van der Waals surface area contributed by atoms with E-state index in [2.05, 4.69) is 15.1 Å². The van der Waals surface area contributed by atoms with E-state index in [1.54, 1.807) is 54.7 Å². The van der Waals surface area contributed by atoms with Crippen LogP contribution in [0.15, 0.2) is 82.9 Å². The second-order valence-corrected chi connectivity index (χ2v) is 8.43. The molecule has 0 saturated heterocycles. The number of benzene rings is 2. The topological polar surface area (TPSA) is 108 Å². The van der Waals surface area contributed by atoms with Crippen molar-refractivity contribution < 1.29 is 22.8 Å². The number of alkyl halides is 3. The van der Waals surface area contributed by atoms with Gasteiger partial charge in [-0.2, -0.15) is 18.3 Å². The molecule has 9 nitrogen and oxygen atoms in total. The van der Waals surface area contributed by atoms with Crippen LogP contribution in [0.2, 0.25) is 0 Å². The molecule has 4 aromatic rings. The minimum atomic E-state index is -4.75. The van der Waals surface area contributed by atoms with E-state index in [-0.39, 0.29) is 41.3 Å². The highest BCUT2D eigenvalue weighted by molar-refractivity contribution is 6.07. The van der Waals surface area contributed by atoms with Crippen molar-refractivity contribution in [1.29, 1.82) is 0 Å². The Kier molecular flexibility index (Phi) is 6.23. The molecule has 2 aromatic heterocycles. The molecule has 0 saturated carbocycles. The highest BCUT2D eigenvalue weighted by Gasteiger charge is 2.43. The first-order chi connectivity index (χ1) is 18.2. The van der Waals surface area contributed by atoms with Gasteiger partial charge in [0.2, 0.25) is 0 Å². The van der Waals surface area contributed by atoms with Gasteiger partial charge >= 0.3 is 6.18 Å². The summed E-state index contributed by atoms with van der Waals surface area (Å²) in [6.07, 6.45) is -3.19. The Labute approximate surface area is 214 Å². The summed E-state index contributed by atoms with van der Waals surface area (Å²) >= 11 is 0. The predicted molar refractivity (Wildman–Crippen MR) is 134 cm³/mol. The van der Waals surface area contributed by atoms with E-state index in [0.29, 0.717) is 16.9 Å². The summed E-state index contributed by atoms with van der Waals surface area (Å²) in [6.45, 7) is 0.0265. The van der Waals surface area contributed by atoms with Gasteiger partial charge in [0.05, 0.1) is 5.69 Å². The minimum absolute atomic E-state index is 0.0111. The summed E-state index contributed by atoms with van der Waals surface area (Å²) in [5.41, 5.74) is 5.83. The Morgan fingerprint density at radius 3 is 2.42 bits per heavy atom. The number of hydrogen-bond donors (Lipinski definition) is 1. The molecule has 0 bridgehead atoms. The van der Waals surface area contributed by atoms with Gasteiger partial charge in [-0.3, -0.25) is 14.2 Å². The van der Waals surface area contributed by atoms with Crippen LogP contribution in [0.5, 0.6) is 0 Å². The molecule has 0 aliphatic carbocycles. The zero-order chi connectivity index (χ0) is 27.0. The van der Waals surface area contributed by atoms with Crippen molar-refractivity contribution in [3.05, 3.63) is 106 Å². The Morgan fingerprint density at radius 1 is 1.00 bits per heavy atom. The third-order valence-corrected chi connectivity index (χ3v) is 6.12. The Balaban J connectivity index is 1.57. The van der Waals surface area contributed by atoms with E-state index in [4.69, 9.17) is 5.73 Å². The zero-order valence-corrected chi connectivity index (χ0v) is 20.0. The number of halogens is 3. The summed E-state index contributed by atoms with van der Waals surface area (Å²) in [4.78, 5) is 31.9. The van der Waals surface area contributed by atoms with E-state index >= 15 is 0 Å². The smallest absolute Gasteiger partial charge is 0.397 e. The first kappa shape index (κ1) is 24.8. The van der Waals surface area contributed by atoms with Crippen LogP contribution in [0.1, 0.15) is 27.3 Å². The molecule has 0 spiro atoms. The number of nitrogens with two attached hydrogens (primary N) is 1. The Morgan fingerprint density at radius 2 is 1.74 bits per heavy atom. The molecule has 194 valence electrons. The number of carbonyl (C=O) groups excluding carboxylic acids is 1. The van der Waals surface area contributed by atoms with Crippen molar-refractivity contribution in [1.82, 2.24) is 14.3 Å². The van der Waals surface area contributed by atoms with Crippen molar-refractivity contribution in [2.75, 3.05) is 18.6 Å². The van der Waals surface area contributed by atoms with Gasteiger partial charge in [-0.05, 0) is 48.9 Å². The van der Waals surface area contributed by atoms with Gasteiger partial charge in [-0.25, -0.2) is 4.68 Å². The number of fused-ring (bicyclic) bond motifs is 1. The van der Waals surface area contributed by atoms with Crippen molar-refractivity contribution in [2.24, 2.45) is 10.9 Å². The number of oxime groups is 1. The monoisotopic (exact) mass is 522 g/mol. The standard InChI is InChI=1S/C26H21F3N6O3/c1-38-32-24(30)16-5-4-6-19(15-16)35-22-20(23(31-35)26(27,28)29)12-14-34(25(22)37)18-10-8-17(9-11-18)33-13-3-2-7-21(33)36/h2-11,13,15H,12,14H2,1H3,(H2,30,32). The molecule has 3 heterocycles. The molecule has 0 unspecified atom stereocenters. The third-order valence-electron chi connectivity index (χ3n) is 6.12. The lowest BCUT2D eigenvalue weighted by atomic mass is 10.0. The predicted octanol–water partition coefficient (Wildman–Crippen LogP) is 3.51. The molecule has 1 aliphatic heterocycles. The first-order valence-electron chi connectivity index (χ1n) is 11.5. The third kappa shape index (κ3) is 4.40. The molecular weight excluding hydrogens is 501 g/mol. The van der Waals surface area contributed by atoms with Crippen molar-refractivity contribution >= 4 is 17.4 Å². The summed E-state index contributed by atoms with van der Waals surface area (Å²) in [5, 5.41) is 7.47. The lowest BCUT2D eigenvalue weighted by Gasteiger charge is -2.28. The molecule has 1 amide bonds. The largest absolute Gasteiger partial charge is 0.435 e. The maximum Gasteiger partial charge on any atom is 0.435 e. The van der Waals surface area contributed by atoms with Crippen molar-refractivity contribution in [3.63, 3.8) is 0 Å². The fourth-order valence-electron chi connectivity index (χ4n) is 4.40. The van der Waals surface area contributed by atoms with Crippen LogP contribution in [0.4, 0.5) is 18.9 Å². The van der Waals surface area contributed by atoms with Gasteiger partial charge in [0.15, 0.2) is 11.5 Å². The summed E-state index contributed by atoms with van der Waals surface area (Å²) in [7, 11) is 1.31. The molecule has 0 radical (unpaired) electrons. The normalized spacial score (nSPS) is 13.9. The Hall–Kier alpha value is -4.87. The maximum atomic E-state index is 13.9. The van der Waals surface area contributed by atoms with Crippen LogP contribution in [0.3, 0.4) is 0 Å². The number of amides is 1. The molecule has 2 N–H and O–H groups in total. The van der Waals surface area contributed by atoms with E-state index in [1.807, 2.05) is 0 Å². The lowest BCUT2D eigenvalue weighted by Crippen LogP contribution is -2.39. The average molecular weight is 522 g/mol. The van der Waals surface area contributed by atoms with Crippen LogP contribution in [0, 0.1) is 0 Å². The van der Waals surface area contributed by atoms with Gasteiger partial charge < -0.3 is 15.5 Å². The highest BCUT2D eigenvalue weighted by Crippen LogP contribution is 2.37. The van der Waals surface area contributed by atoms with Crippen LogP contribution < -0.4 is 16.2 Å². The van der Waals surface area contributed by atoms with Gasteiger partial charge in [0.25, 0.3) is 11.5 Å². The van der Waals surface area contributed by atoms with E-state index < -0.39 is 17.8 Å². The van der Waals surface area contributed by atoms with E-state index in [1.165, 1.54) is 34.8 Å². The zero-order valence-electron chi connectivity index (χ0n) is 20.0. The molecule has 0 atom stereocenters. The summed E-state index contributed by atoms with van der Waals surface area (Å²) < 4.78 is 44.2. The second kappa shape index (κ2) is 9.54. The fourth-order valence-corrected chi connectivity index (χ4v) is 4.40. The molecule has 1 aliphatic rings. The van der Waals surface area contributed by atoms with Gasteiger partial charge in [-0.1, -0.05) is 23.4 Å². The number of anilines is 1. The van der Waals surface area contributed by atoms with Crippen molar-refractivity contribution in [2.45, 2.75) is 12.6 Å². The van der Waals surface area contributed by atoms with E-state index in [0.717, 1.165) is 4.68 Å². The number of hydrogen-bond acceptors (Lipinski definition) is 5. The summed E-state index contributed by atoms with van der Waals surface area (Å²) in [6, 6.07) is 17.6. The maximum absolute atomic E-state index is 13.9. The number of rotatable bonds is 5. The van der Waals surface area contributed by atoms with Crippen LogP contribution >= 0.6 is 0 Å². The number of nitrogens with zero attached hydrogens (tertiary/aromatic N) is 5. The SMILES string of the molecule is CO/N=C(\N)c1cccc(-n2nc(C(F)(F)F)c3c2C(=O)N(c2ccc(-n4ccccc4=O)cc2)CC3)c1. The Bertz CT molecular complexity index is 1610. The minimum Gasteiger partial charge on any atom is -0.397 e. The summed E-state index contributed by atoms with van der Waals surface area (Å²) in [5.74, 6) is -0.625.